The SMILES string of the molecule is COCC(O)CSc1cnccn1. The number of hydrogen-bond acceptors (Lipinski definition) is 5. The standard InChI is InChI=1S/C8H12N2O2S/c1-12-5-7(11)6-13-8-4-9-2-3-10-8/h2-4,7,11H,5-6H2,1H3. The summed E-state index contributed by atoms with van der Waals surface area (Å²) in [6.45, 7) is 0.354. The minimum absolute atomic E-state index is 0.354. The lowest BCUT2D eigenvalue weighted by molar-refractivity contribution is 0.0794. The number of nitrogens with zero attached hydrogens (tertiary/aromatic N) is 2. The number of rotatable bonds is 5. The Bertz CT molecular complexity index is 233. The molecule has 0 fully saturated rings. The molecule has 0 aliphatic heterocycles. The fourth-order valence-electron chi connectivity index (χ4n) is 0.782. The number of aromatic nitrogens is 2. The van der Waals surface area contributed by atoms with Gasteiger partial charge in [0.15, 0.2) is 0 Å². The van der Waals surface area contributed by atoms with Crippen molar-refractivity contribution in [1.29, 1.82) is 0 Å². The molecule has 72 valence electrons. The molecule has 4 nitrogen and oxygen atoms in total. The Labute approximate surface area is 81.4 Å². The van der Waals surface area contributed by atoms with Gasteiger partial charge < -0.3 is 9.84 Å². The van der Waals surface area contributed by atoms with E-state index in [-0.39, 0.29) is 0 Å². The zero-order valence-corrected chi connectivity index (χ0v) is 8.20. The summed E-state index contributed by atoms with van der Waals surface area (Å²) in [4.78, 5) is 7.97. The van der Waals surface area contributed by atoms with Crippen molar-refractivity contribution in [2.75, 3.05) is 19.5 Å². The topological polar surface area (TPSA) is 55.2 Å². The zero-order chi connectivity index (χ0) is 9.52. The minimum Gasteiger partial charge on any atom is -0.390 e. The van der Waals surface area contributed by atoms with Gasteiger partial charge in [-0.15, -0.1) is 11.8 Å². The summed E-state index contributed by atoms with van der Waals surface area (Å²) in [6.07, 6.45) is 4.47. The molecule has 5 heteroatoms. The van der Waals surface area contributed by atoms with Gasteiger partial charge in [0.05, 0.1) is 18.9 Å². The summed E-state index contributed by atoms with van der Waals surface area (Å²) in [5, 5.41) is 10.1. The first-order valence-corrected chi connectivity index (χ1v) is 4.87. The van der Waals surface area contributed by atoms with Crippen molar-refractivity contribution in [3.05, 3.63) is 18.6 Å². The molecular weight excluding hydrogens is 188 g/mol. The van der Waals surface area contributed by atoms with Gasteiger partial charge in [0.2, 0.25) is 0 Å². The molecule has 1 unspecified atom stereocenters. The van der Waals surface area contributed by atoms with E-state index in [1.165, 1.54) is 11.8 Å². The fourth-order valence-corrected chi connectivity index (χ4v) is 1.51. The van der Waals surface area contributed by atoms with E-state index in [4.69, 9.17) is 4.74 Å². The third-order valence-electron chi connectivity index (χ3n) is 1.32. The van der Waals surface area contributed by atoms with Crippen LogP contribution < -0.4 is 0 Å². The third-order valence-corrected chi connectivity index (χ3v) is 2.38. The monoisotopic (exact) mass is 200 g/mol. The summed E-state index contributed by atoms with van der Waals surface area (Å²) in [7, 11) is 1.57. The van der Waals surface area contributed by atoms with Gasteiger partial charge in [-0.25, -0.2) is 4.98 Å². The second-order valence-electron chi connectivity index (χ2n) is 2.46. The van der Waals surface area contributed by atoms with Gasteiger partial charge >= 0.3 is 0 Å². The molecule has 0 aromatic carbocycles. The molecule has 0 bridgehead atoms. The van der Waals surface area contributed by atoms with Gasteiger partial charge in [-0.3, -0.25) is 4.98 Å². The van der Waals surface area contributed by atoms with Gasteiger partial charge in [0.1, 0.15) is 5.03 Å². The van der Waals surface area contributed by atoms with Gasteiger partial charge in [-0.1, -0.05) is 0 Å². The Kier molecular flexibility index (Phi) is 4.74. The van der Waals surface area contributed by atoms with Crippen LogP contribution in [0.3, 0.4) is 0 Å². The summed E-state index contributed by atoms with van der Waals surface area (Å²) in [5.41, 5.74) is 0. The molecule has 0 saturated carbocycles. The molecule has 13 heavy (non-hydrogen) atoms. The quantitative estimate of drug-likeness (QED) is 0.704. The molecule has 1 atom stereocenters. The maximum atomic E-state index is 9.32. The number of ether oxygens (including phenoxy) is 1. The van der Waals surface area contributed by atoms with Crippen molar-refractivity contribution < 1.29 is 9.84 Å². The van der Waals surface area contributed by atoms with Crippen LogP contribution in [0, 0.1) is 0 Å². The second-order valence-corrected chi connectivity index (χ2v) is 3.50. The van der Waals surface area contributed by atoms with E-state index in [2.05, 4.69) is 9.97 Å². The molecule has 0 aliphatic carbocycles. The lowest BCUT2D eigenvalue weighted by Crippen LogP contribution is -2.16. The Morgan fingerprint density at radius 2 is 2.46 bits per heavy atom. The average molecular weight is 200 g/mol. The highest BCUT2D eigenvalue weighted by Gasteiger charge is 2.04. The molecule has 1 rings (SSSR count). The van der Waals surface area contributed by atoms with Gasteiger partial charge in [0, 0.05) is 25.3 Å². The van der Waals surface area contributed by atoms with E-state index >= 15 is 0 Å². The highest BCUT2D eigenvalue weighted by Crippen LogP contribution is 2.13. The normalized spacial score (nSPS) is 12.8. The Hall–Kier alpha value is -0.650. The van der Waals surface area contributed by atoms with E-state index < -0.39 is 6.10 Å². The lowest BCUT2D eigenvalue weighted by atomic mass is 10.4. The molecule has 0 spiro atoms. The molecule has 0 radical (unpaired) electrons. The number of aliphatic hydroxyl groups excluding tert-OH is 1. The highest BCUT2D eigenvalue weighted by atomic mass is 32.2. The Balaban J connectivity index is 2.27. The van der Waals surface area contributed by atoms with Crippen LogP contribution in [-0.4, -0.2) is 40.6 Å². The first-order chi connectivity index (χ1) is 6.33. The van der Waals surface area contributed by atoms with Crippen molar-refractivity contribution in [2.45, 2.75) is 11.1 Å². The number of thioether (sulfide) groups is 1. The number of hydrogen-bond donors (Lipinski definition) is 1. The van der Waals surface area contributed by atoms with E-state index in [1.54, 1.807) is 25.7 Å². The second kappa shape index (κ2) is 5.90. The van der Waals surface area contributed by atoms with Crippen LogP contribution in [0.25, 0.3) is 0 Å². The van der Waals surface area contributed by atoms with Crippen LogP contribution in [0.15, 0.2) is 23.6 Å². The van der Waals surface area contributed by atoms with Gasteiger partial charge in [0.25, 0.3) is 0 Å². The van der Waals surface area contributed by atoms with E-state index in [9.17, 15) is 5.11 Å². The van der Waals surface area contributed by atoms with E-state index in [0.29, 0.717) is 12.4 Å². The molecule has 1 aromatic heterocycles. The lowest BCUT2D eigenvalue weighted by Gasteiger charge is -2.07. The van der Waals surface area contributed by atoms with Crippen LogP contribution in [-0.2, 0) is 4.74 Å². The smallest absolute Gasteiger partial charge is 0.114 e. The number of methoxy groups -OCH3 is 1. The maximum Gasteiger partial charge on any atom is 0.114 e. The molecule has 0 saturated heterocycles. The predicted molar refractivity (Wildman–Crippen MR) is 50.6 cm³/mol. The first-order valence-electron chi connectivity index (χ1n) is 3.88. The summed E-state index contributed by atoms with van der Waals surface area (Å²) in [5.74, 6) is 0.576. The van der Waals surface area contributed by atoms with E-state index in [1.807, 2.05) is 0 Å². The molecular formula is C8H12N2O2S. The van der Waals surface area contributed by atoms with Crippen molar-refractivity contribution in [2.24, 2.45) is 0 Å². The van der Waals surface area contributed by atoms with Crippen molar-refractivity contribution in [3.8, 4) is 0 Å². The Morgan fingerprint density at radius 1 is 1.62 bits per heavy atom. The van der Waals surface area contributed by atoms with Crippen LogP contribution >= 0.6 is 11.8 Å². The van der Waals surface area contributed by atoms with Gasteiger partial charge in [-0.05, 0) is 0 Å². The maximum absolute atomic E-state index is 9.32. The van der Waals surface area contributed by atoms with Crippen molar-refractivity contribution in [1.82, 2.24) is 9.97 Å². The largest absolute Gasteiger partial charge is 0.390 e. The fraction of sp³-hybridized carbons (Fsp3) is 0.500. The summed E-state index contributed by atoms with van der Waals surface area (Å²) in [6, 6.07) is 0. The Morgan fingerprint density at radius 3 is 3.08 bits per heavy atom. The summed E-state index contributed by atoms with van der Waals surface area (Å²) < 4.78 is 4.79. The van der Waals surface area contributed by atoms with Gasteiger partial charge in [-0.2, -0.15) is 0 Å². The van der Waals surface area contributed by atoms with Crippen LogP contribution in [0.1, 0.15) is 0 Å². The predicted octanol–water partition coefficient (Wildman–Crippen LogP) is 0.576. The molecule has 1 aromatic rings. The number of aliphatic hydroxyl groups is 1. The molecule has 1 heterocycles. The van der Waals surface area contributed by atoms with Crippen molar-refractivity contribution >= 4 is 11.8 Å². The third kappa shape index (κ3) is 4.21. The molecule has 1 N–H and O–H groups in total. The molecule has 0 amide bonds. The first kappa shape index (κ1) is 10.4. The highest BCUT2D eigenvalue weighted by molar-refractivity contribution is 7.99. The van der Waals surface area contributed by atoms with Crippen molar-refractivity contribution in [3.63, 3.8) is 0 Å². The van der Waals surface area contributed by atoms with Crippen LogP contribution in [0.2, 0.25) is 0 Å². The van der Waals surface area contributed by atoms with Crippen LogP contribution in [0.4, 0.5) is 0 Å². The van der Waals surface area contributed by atoms with E-state index in [0.717, 1.165) is 5.03 Å². The zero-order valence-electron chi connectivity index (χ0n) is 7.38. The summed E-state index contributed by atoms with van der Waals surface area (Å²) >= 11 is 1.46. The average Bonchev–Trinajstić information content (AvgIpc) is 2.17. The van der Waals surface area contributed by atoms with Crippen LogP contribution in [0.5, 0.6) is 0 Å². The molecule has 0 aliphatic rings. The minimum atomic E-state index is -0.447.